The molecule has 2 N–H and O–H groups in total. The first-order valence-electron chi connectivity index (χ1n) is 5.29. The molecule has 0 unspecified atom stereocenters. The third-order valence-corrected chi connectivity index (χ3v) is 3.31. The number of H-pyrrole nitrogens is 1. The fourth-order valence-corrected chi connectivity index (χ4v) is 2.27. The molecule has 19 heavy (non-hydrogen) atoms. The Morgan fingerprint density at radius 3 is 2.89 bits per heavy atom. The number of nitrogens with zero attached hydrogens (tertiary/aromatic N) is 2. The highest BCUT2D eigenvalue weighted by atomic mass is 32.2. The topological polar surface area (TPSA) is 101 Å². The van der Waals surface area contributed by atoms with Crippen molar-refractivity contribution in [2.75, 3.05) is 7.05 Å². The Morgan fingerprint density at radius 2 is 2.32 bits per heavy atom. The second-order valence-corrected chi connectivity index (χ2v) is 4.55. The molecule has 0 aliphatic carbocycles. The van der Waals surface area contributed by atoms with Crippen molar-refractivity contribution < 1.29 is 9.72 Å². The number of carbonyl (C=O) groups is 1. The predicted octanol–water partition coefficient (Wildman–Crippen LogP) is 1.83. The number of hydrogen-bond acceptors (Lipinski definition) is 5. The van der Waals surface area contributed by atoms with Crippen molar-refractivity contribution in [3.63, 3.8) is 0 Å². The van der Waals surface area contributed by atoms with Crippen LogP contribution in [0.25, 0.3) is 0 Å². The van der Waals surface area contributed by atoms with E-state index >= 15 is 0 Å². The van der Waals surface area contributed by atoms with Crippen LogP contribution in [0.5, 0.6) is 0 Å². The molecule has 98 valence electrons. The lowest BCUT2D eigenvalue weighted by atomic mass is 10.2. The van der Waals surface area contributed by atoms with Crippen LogP contribution in [0.2, 0.25) is 0 Å². The molecule has 1 amide bonds. The van der Waals surface area contributed by atoms with Crippen LogP contribution in [0.3, 0.4) is 0 Å². The lowest BCUT2D eigenvalue weighted by Gasteiger charge is -2.03. The largest absolute Gasteiger partial charge is 0.355 e. The summed E-state index contributed by atoms with van der Waals surface area (Å²) >= 11 is 1.14. The Morgan fingerprint density at radius 1 is 1.53 bits per heavy atom. The minimum absolute atomic E-state index is 0.123. The summed E-state index contributed by atoms with van der Waals surface area (Å²) in [6.07, 6.45) is 3.19. The third kappa shape index (κ3) is 2.91. The number of amides is 1. The van der Waals surface area contributed by atoms with Gasteiger partial charge in [-0.1, -0.05) is 0 Å². The Hall–Kier alpha value is -2.35. The van der Waals surface area contributed by atoms with E-state index in [1.54, 1.807) is 12.4 Å². The number of aromatic nitrogens is 2. The molecule has 0 atom stereocenters. The zero-order chi connectivity index (χ0) is 13.8. The van der Waals surface area contributed by atoms with Crippen LogP contribution in [-0.4, -0.2) is 27.8 Å². The predicted molar refractivity (Wildman–Crippen MR) is 69.2 cm³/mol. The van der Waals surface area contributed by atoms with E-state index in [9.17, 15) is 14.9 Å². The maximum Gasteiger partial charge on any atom is 0.284 e. The van der Waals surface area contributed by atoms with Gasteiger partial charge < -0.3 is 10.3 Å². The molecule has 7 nitrogen and oxygen atoms in total. The van der Waals surface area contributed by atoms with Crippen LogP contribution in [0, 0.1) is 10.1 Å². The molecule has 0 saturated heterocycles. The maximum atomic E-state index is 11.5. The van der Waals surface area contributed by atoms with Gasteiger partial charge in [-0.05, 0) is 23.9 Å². The van der Waals surface area contributed by atoms with E-state index in [2.05, 4.69) is 15.3 Å². The van der Waals surface area contributed by atoms with E-state index in [1.807, 2.05) is 0 Å². The van der Waals surface area contributed by atoms with Gasteiger partial charge in [0.05, 0.1) is 9.82 Å². The molecule has 8 heteroatoms. The molecular weight excluding hydrogens is 268 g/mol. The lowest BCUT2D eigenvalue weighted by Crippen LogP contribution is -2.17. The quantitative estimate of drug-likeness (QED) is 0.656. The first kappa shape index (κ1) is 13.1. The molecule has 1 heterocycles. The Bertz CT molecular complexity index is 612. The Labute approximate surface area is 112 Å². The normalized spacial score (nSPS) is 10.2. The van der Waals surface area contributed by atoms with E-state index < -0.39 is 4.92 Å². The summed E-state index contributed by atoms with van der Waals surface area (Å²) in [5.41, 5.74) is 0.125. The van der Waals surface area contributed by atoms with Gasteiger partial charge in [0.2, 0.25) is 0 Å². The highest BCUT2D eigenvalue weighted by Crippen LogP contribution is 2.33. The van der Waals surface area contributed by atoms with Crippen molar-refractivity contribution in [3.05, 3.63) is 46.3 Å². The van der Waals surface area contributed by atoms with Crippen molar-refractivity contribution >= 4 is 23.4 Å². The summed E-state index contributed by atoms with van der Waals surface area (Å²) in [6, 6.07) is 4.33. The molecule has 0 aliphatic rings. The van der Waals surface area contributed by atoms with Crippen molar-refractivity contribution in [1.82, 2.24) is 15.3 Å². The monoisotopic (exact) mass is 278 g/mol. The first-order chi connectivity index (χ1) is 9.11. The van der Waals surface area contributed by atoms with Crippen LogP contribution < -0.4 is 5.32 Å². The lowest BCUT2D eigenvalue weighted by molar-refractivity contribution is -0.387. The molecular formula is C11H10N4O3S. The SMILES string of the molecule is CNC(=O)c1ccc(Sc2ncc[nH]2)c([N+](=O)[O-])c1. The van der Waals surface area contributed by atoms with E-state index in [-0.39, 0.29) is 17.2 Å². The van der Waals surface area contributed by atoms with Gasteiger partial charge in [0.15, 0.2) is 5.16 Å². The number of benzene rings is 1. The summed E-state index contributed by atoms with van der Waals surface area (Å²) < 4.78 is 0. The van der Waals surface area contributed by atoms with Crippen LogP contribution in [0.15, 0.2) is 40.6 Å². The van der Waals surface area contributed by atoms with Gasteiger partial charge in [-0.2, -0.15) is 0 Å². The molecule has 0 spiro atoms. The maximum absolute atomic E-state index is 11.5. The molecule has 0 fully saturated rings. The number of imidazole rings is 1. The van der Waals surface area contributed by atoms with Crippen molar-refractivity contribution in [1.29, 1.82) is 0 Å². The third-order valence-electron chi connectivity index (χ3n) is 2.32. The Balaban J connectivity index is 2.38. The number of hydrogen-bond donors (Lipinski definition) is 2. The molecule has 0 saturated carbocycles. The standard InChI is InChI=1S/C11H10N4O3S/c1-12-10(16)7-2-3-9(8(6-7)15(17)18)19-11-13-4-5-14-11/h2-6H,1H3,(H,12,16)(H,13,14). The molecule has 1 aromatic carbocycles. The fourth-order valence-electron chi connectivity index (χ4n) is 1.44. The second-order valence-electron chi connectivity index (χ2n) is 3.52. The van der Waals surface area contributed by atoms with Crippen molar-refractivity contribution in [2.45, 2.75) is 10.1 Å². The molecule has 2 rings (SSSR count). The van der Waals surface area contributed by atoms with Gasteiger partial charge in [-0.3, -0.25) is 14.9 Å². The van der Waals surface area contributed by atoms with Crippen LogP contribution in [0.4, 0.5) is 5.69 Å². The molecule has 0 radical (unpaired) electrons. The highest BCUT2D eigenvalue weighted by molar-refractivity contribution is 7.99. The van der Waals surface area contributed by atoms with Gasteiger partial charge in [0, 0.05) is 31.1 Å². The summed E-state index contributed by atoms with van der Waals surface area (Å²) in [6.45, 7) is 0. The van der Waals surface area contributed by atoms with E-state index in [4.69, 9.17) is 0 Å². The summed E-state index contributed by atoms with van der Waals surface area (Å²) in [5, 5.41) is 14.0. The fraction of sp³-hybridized carbons (Fsp3) is 0.0909. The van der Waals surface area contributed by atoms with Gasteiger partial charge in [-0.15, -0.1) is 0 Å². The summed E-state index contributed by atoms with van der Waals surface area (Å²) in [4.78, 5) is 29.2. The molecule has 2 aromatic rings. The van der Waals surface area contributed by atoms with E-state index in [0.717, 1.165) is 11.8 Å². The smallest absolute Gasteiger partial charge is 0.284 e. The molecule has 1 aromatic heterocycles. The van der Waals surface area contributed by atoms with Crippen molar-refractivity contribution in [3.8, 4) is 0 Å². The van der Waals surface area contributed by atoms with Crippen LogP contribution in [0.1, 0.15) is 10.4 Å². The van der Waals surface area contributed by atoms with Crippen molar-refractivity contribution in [2.24, 2.45) is 0 Å². The van der Waals surface area contributed by atoms with Gasteiger partial charge in [0.25, 0.3) is 11.6 Å². The average Bonchev–Trinajstić information content (AvgIpc) is 2.91. The number of nitro benzene ring substituents is 1. The van der Waals surface area contributed by atoms with Crippen LogP contribution >= 0.6 is 11.8 Å². The number of nitro groups is 1. The first-order valence-corrected chi connectivity index (χ1v) is 6.11. The highest BCUT2D eigenvalue weighted by Gasteiger charge is 2.18. The number of aromatic amines is 1. The number of rotatable bonds is 4. The second kappa shape index (κ2) is 5.53. The zero-order valence-corrected chi connectivity index (χ0v) is 10.7. The number of carbonyl (C=O) groups excluding carboxylic acids is 1. The zero-order valence-electron chi connectivity index (χ0n) is 9.91. The number of nitrogens with one attached hydrogen (secondary N) is 2. The van der Waals surface area contributed by atoms with Gasteiger partial charge >= 0.3 is 0 Å². The Kier molecular flexibility index (Phi) is 3.81. The minimum atomic E-state index is -0.516. The average molecular weight is 278 g/mol. The molecule has 0 aliphatic heterocycles. The van der Waals surface area contributed by atoms with Gasteiger partial charge in [-0.25, -0.2) is 4.98 Å². The minimum Gasteiger partial charge on any atom is -0.355 e. The summed E-state index contributed by atoms with van der Waals surface area (Å²) in [7, 11) is 1.47. The van der Waals surface area contributed by atoms with Crippen LogP contribution in [-0.2, 0) is 0 Å². The molecule has 0 bridgehead atoms. The summed E-state index contributed by atoms with van der Waals surface area (Å²) in [5.74, 6) is -0.363. The van der Waals surface area contributed by atoms with E-state index in [0.29, 0.717) is 10.1 Å². The van der Waals surface area contributed by atoms with E-state index in [1.165, 1.54) is 25.2 Å². The van der Waals surface area contributed by atoms with Gasteiger partial charge in [0.1, 0.15) is 0 Å².